The maximum Gasteiger partial charge on any atom is 0.0586 e. The molecule has 1 aliphatic heterocycles. The van der Waals surface area contributed by atoms with Crippen LogP contribution in [0.15, 0.2) is 17.5 Å². The maximum atomic E-state index is 9.30. The molecule has 4 heteroatoms. The van der Waals surface area contributed by atoms with Gasteiger partial charge in [0.05, 0.1) is 6.61 Å². The normalized spacial score (nSPS) is 20.6. The molecule has 1 saturated heterocycles. The zero-order valence-corrected chi connectivity index (χ0v) is 11.3. The van der Waals surface area contributed by atoms with Crippen LogP contribution in [0.25, 0.3) is 0 Å². The van der Waals surface area contributed by atoms with Crippen molar-refractivity contribution in [3.63, 3.8) is 0 Å². The van der Waals surface area contributed by atoms with Gasteiger partial charge in [0.2, 0.25) is 0 Å². The standard InChI is InChI=1S/C13H22N2OS/c1-2-12(11-16)15-7-5-14(6-8-15)10-13-4-3-9-17-13/h3-4,9,12,16H,2,5-8,10-11H2,1H3. The number of piperazine rings is 1. The Morgan fingerprint density at radius 3 is 2.65 bits per heavy atom. The first-order chi connectivity index (χ1) is 8.33. The van der Waals surface area contributed by atoms with Crippen molar-refractivity contribution in [2.24, 2.45) is 0 Å². The van der Waals surface area contributed by atoms with Gasteiger partial charge in [-0.15, -0.1) is 11.3 Å². The minimum atomic E-state index is 0.293. The number of hydrogen-bond donors (Lipinski definition) is 1. The Labute approximate surface area is 108 Å². The fraction of sp³-hybridized carbons (Fsp3) is 0.692. The van der Waals surface area contributed by atoms with Crippen molar-refractivity contribution in [2.45, 2.75) is 25.9 Å². The Hall–Kier alpha value is -0.420. The summed E-state index contributed by atoms with van der Waals surface area (Å²) in [4.78, 5) is 6.38. The smallest absolute Gasteiger partial charge is 0.0586 e. The zero-order valence-electron chi connectivity index (χ0n) is 10.5. The third-order valence-electron chi connectivity index (χ3n) is 3.56. The Morgan fingerprint density at radius 1 is 1.35 bits per heavy atom. The largest absolute Gasteiger partial charge is 0.395 e. The van der Waals surface area contributed by atoms with E-state index in [1.54, 1.807) is 0 Å². The van der Waals surface area contributed by atoms with Gasteiger partial charge in [-0.2, -0.15) is 0 Å². The summed E-state index contributed by atoms with van der Waals surface area (Å²) in [7, 11) is 0. The predicted molar refractivity (Wildman–Crippen MR) is 72.3 cm³/mol. The van der Waals surface area contributed by atoms with E-state index in [0.717, 1.165) is 39.1 Å². The van der Waals surface area contributed by atoms with Crippen LogP contribution in [-0.2, 0) is 6.54 Å². The second-order valence-corrected chi connectivity index (χ2v) is 5.67. The van der Waals surface area contributed by atoms with Gasteiger partial charge >= 0.3 is 0 Å². The quantitative estimate of drug-likeness (QED) is 0.865. The molecule has 2 rings (SSSR count). The van der Waals surface area contributed by atoms with Gasteiger partial charge in [0, 0.05) is 43.6 Å². The average Bonchev–Trinajstić information content (AvgIpc) is 2.86. The highest BCUT2D eigenvalue weighted by molar-refractivity contribution is 7.09. The van der Waals surface area contributed by atoms with Crippen molar-refractivity contribution in [1.82, 2.24) is 9.80 Å². The lowest BCUT2D eigenvalue weighted by atomic mass is 10.1. The lowest BCUT2D eigenvalue weighted by molar-refractivity contribution is 0.0612. The van der Waals surface area contributed by atoms with E-state index >= 15 is 0 Å². The molecule has 1 N–H and O–H groups in total. The molecule has 0 spiro atoms. The Morgan fingerprint density at radius 2 is 2.12 bits per heavy atom. The van der Waals surface area contributed by atoms with Crippen molar-refractivity contribution in [1.29, 1.82) is 0 Å². The highest BCUT2D eigenvalue weighted by Gasteiger charge is 2.22. The van der Waals surface area contributed by atoms with Crippen LogP contribution in [0.1, 0.15) is 18.2 Å². The fourth-order valence-electron chi connectivity index (χ4n) is 2.41. The minimum Gasteiger partial charge on any atom is -0.395 e. The van der Waals surface area contributed by atoms with Crippen LogP contribution in [0.4, 0.5) is 0 Å². The summed E-state index contributed by atoms with van der Waals surface area (Å²) < 4.78 is 0. The molecule has 1 unspecified atom stereocenters. The monoisotopic (exact) mass is 254 g/mol. The topological polar surface area (TPSA) is 26.7 Å². The molecular formula is C13H22N2OS. The number of nitrogens with zero attached hydrogens (tertiary/aromatic N) is 2. The summed E-state index contributed by atoms with van der Waals surface area (Å²) in [5, 5.41) is 11.4. The molecule has 1 fully saturated rings. The lowest BCUT2D eigenvalue weighted by Crippen LogP contribution is -2.50. The number of rotatable bonds is 5. The molecule has 1 aliphatic rings. The molecule has 2 heterocycles. The Bertz CT molecular complexity index is 303. The van der Waals surface area contributed by atoms with Gasteiger partial charge in [-0.3, -0.25) is 9.80 Å². The van der Waals surface area contributed by atoms with Crippen LogP contribution < -0.4 is 0 Å². The van der Waals surface area contributed by atoms with Gasteiger partial charge in [0.25, 0.3) is 0 Å². The average molecular weight is 254 g/mol. The van der Waals surface area contributed by atoms with E-state index in [0.29, 0.717) is 12.6 Å². The first kappa shape index (κ1) is 13.0. The summed E-state index contributed by atoms with van der Waals surface area (Å²) >= 11 is 1.84. The Balaban J connectivity index is 1.78. The fourth-order valence-corrected chi connectivity index (χ4v) is 3.16. The summed E-state index contributed by atoms with van der Waals surface area (Å²) in [6.45, 7) is 7.94. The summed E-state index contributed by atoms with van der Waals surface area (Å²) in [5.41, 5.74) is 0. The molecule has 0 saturated carbocycles. The second kappa shape index (κ2) is 6.50. The van der Waals surface area contributed by atoms with Crippen molar-refractivity contribution < 1.29 is 5.11 Å². The highest BCUT2D eigenvalue weighted by atomic mass is 32.1. The van der Waals surface area contributed by atoms with Crippen LogP contribution in [-0.4, -0.2) is 53.7 Å². The number of hydrogen-bond acceptors (Lipinski definition) is 4. The maximum absolute atomic E-state index is 9.30. The minimum absolute atomic E-state index is 0.293. The van der Waals surface area contributed by atoms with Gasteiger partial charge < -0.3 is 5.11 Å². The third-order valence-corrected chi connectivity index (χ3v) is 4.43. The molecule has 1 aromatic heterocycles. The summed E-state index contributed by atoms with van der Waals surface area (Å²) in [5.74, 6) is 0. The van der Waals surface area contributed by atoms with Crippen LogP contribution in [0.3, 0.4) is 0 Å². The third kappa shape index (κ3) is 3.52. The van der Waals surface area contributed by atoms with Crippen molar-refractivity contribution in [3.05, 3.63) is 22.4 Å². The number of aliphatic hydroxyl groups excluding tert-OH is 1. The lowest BCUT2D eigenvalue weighted by Gasteiger charge is -2.38. The molecule has 3 nitrogen and oxygen atoms in total. The first-order valence-corrected chi connectivity index (χ1v) is 7.31. The van der Waals surface area contributed by atoms with Crippen molar-refractivity contribution in [3.8, 4) is 0 Å². The molecule has 0 bridgehead atoms. The first-order valence-electron chi connectivity index (χ1n) is 6.43. The molecule has 1 aromatic rings. The molecule has 17 heavy (non-hydrogen) atoms. The summed E-state index contributed by atoms with van der Waals surface area (Å²) in [6, 6.07) is 4.69. The highest BCUT2D eigenvalue weighted by Crippen LogP contribution is 2.15. The van der Waals surface area contributed by atoms with Crippen molar-refractivity contribution in [2.75, 3.05) is 32.8 Å². The van der Waals surface area contributed by atoms with Gasteiger partial charge in [0.1, 0.15) is 0 Å². The van der Waals surface area contributed by atoms with E-state index in [4.69, 9.17) is 0 Å². The molecule has 0 amide bonds. The number of aliphatic hydroxyl groups is 1. The SMILES string of the molecule is CCC(CO)N1CCN(Cc2cccs2)CC1. The molecule has 1 atom stereocenters. The summed E-state index contributed by atoms with van der Waals surface area (Å²) in [6.07, 6.45) is 1.04. The van der Waals surface area contributed by atoms with E-state index in [9.17, 15) is 5.11 Å². The van der Waals surface area contributed by atoms with Crippen LogP contribution in [0.2, 0.25) is 0 Å². The predicted octanol–water partition coefficient (Wildman–Crippen LogP) is 1.64. The van der Waals surface area contributed by atoms with E-state index in [1.807, 2.05) is 11.3 Å². The van der Waals surface area contributed by atoms with Gasteiger partial charge in [0.15, 0.2) is 0 Å². The van der Waals surface area contributed by atoms with Crippen LogP contribution in [0, 0.1) is 0 Å². The van der Waals surface area contributed by atoms with Gasteiger partial charge in [-0.1, -0.05) is 13.0 Å². The van der Waals surface area contributed by atoms with Gasteiger partial charge in [-0.25, -0.2) is 0 Å². The van der Waals surface area contributed by atoms with Crippen molar-refractivity contribution >= 4 is 11.3 Å². The number of thiophene rings is 1. The molecule has 0 radical (unpaired) electrons. The molecule has 96 valence electrons. The van der Waals surface area contributed by atoms with E-state index in [1.165, 1.54) is 4.88 Å². The van der Waals surface area contributed by atoms with E-state index in [-0.39, 0.29) is 0 Å². The second-order valence-electron chi connectivity index (χ2n) is 4.64. The van der Waals surface area contributed by atoms with Crippen LogP contribution >= 0.6 is 11.3 Å². The molecular weight excluding hydrogens is 232 g/mol. The van der Waals surface area contributed by atoms with E-state index in [2.05, 4.69) is 34.2 Å². The van der Waals surface area contributed by atoms with E-state index < -0.39 is 0 Å². The Kier molecular flexibility index (Phi) is 4.98. The molecule has 0 aliphatic carbocycles. The van der Waals surface area contributed by atoms with Gasteiger partial charge in [-0.05, 0) is 17.9 Å². The van der Waals surface area contributed by atoms with Crippen LogP contribution in [0.5, 0.6) is 0 Å². The molecule has 0 aromatic carbocycles. The zero-order chi connectivity index (χ0) is 12.1.